The number of aliphatic hydroxyl groups excluding tert-OH is 8. The van der Waals surface area contributed by atoms with Crippen molar-refractivity contribution >= 4 is 5.91 Å². The van der Waals surface area contributed by atoms with E-state index >= 15 is 0 Å². The molecule has 0 aromatic carbocycles. The van der Waals surface area contributed by atoms with E-state index in [1.807, 2.05) is 0 Å². The Kier molecular flexibility index (Phi) is 64.3. The molecule has 0 aliphatic carbocycles. The van der Waals surface area contributed by atoms with Crippen LogP contribution in [0, 0.1) is 0 Å². The van der Waals surface area contributed by atoms with Crippen LogP contribution >= 0.6 is 0 Å². The lowest BCUT2D eigenvalue weighted by Gasteiger charge is -2.46. The Morgan fingerprint density at radius 2 is 0.673 bits per heavy atom. The first kappa shape index (κ1) is 92.3. The fourth-order valence-electron chi connectivity index (χ4n) is 14.2. The van der Waals surface area contributed by atoms with Crippen LogP contribution in [0.4, 0.5) is 0 Å². The number of unbranched alkanes of at least 4 members (excludes halogenated alkanes) is 53. The molecule has 2 fully saturated rings. The van der Waals surface area contributed by atoms with Gasteiger partial charge >= 0.3 is 0 Å². The van der Waals surface area contributed by atoms with Crippen molar-refractivity contribution in [2.45, 2.75) is 473 Å². The molecule has 0 bridgehead atoms. The van der Waals surface area contributed by atoms with Crippen molar-refractivity contribution < 1.29 is 64.6 Å². The van der Waals surface area contributed by atoms with E-state index in [-0.39, 0.29) is 12.5 Å². The average molecular weight is 1390 g/mol. The van der Waals surface area contributed by atoms with Gasteiger partial charge in [-0.05, 0) is 51.4 Å². The van der Waals surface area contributed by atoms with Crippen molar-refractivity contribution in [2.24, 2.45) is 0 Å². The molecule has 0 radical (unpaired) electrons. The first-order chi connectivity index (χ1) is 48.1. The molecule has 0 aromatic rings. The van der Waals surface area contributed by atoms with Crippen molar-refractivity contribution in [2.75, 3.05) is 19.8 Å². The second-order valence-corrected chi connectivity index (χ2v) is 30.0. The van der Waals surface area contributed by atoms with Crippen LogP contribution in [0.25, 0.3) is 0 Å². The summed E-state index contributed by atoms with van der Waals surface area (Å²) in [6.07, 6.45) is 73.4. The SMILES string of the molecule is CCCCCCC/C=C\C/C=C\C/C=C\CCCCCCCCCCCCCCCCCCCCCCCCCCC(=O)NC(COC1OC(CO)C(OC2OC(CO)C(O)C(O)C2O)C(O)C1O)C(O)CCCCCCCCCCCCCCCCCCCCCCCCCCC. The van der Waals surface area contributed by atoms with Crippen molar-refractivity contribution in [3.05, 3.63) is 36.5 Å². The number of carbonyl (C=O) groups excluding carboxylic acids is 1. The molecule has 0 aromatic heterocycles. The van der Waals surface area contributed by atoms with Crippen LogP contribution in [0.15, 0.2) is 36.5 Å². The molecule has 2 rings (SSSR count). The Morgan fingerprint density at radius 1 is 0.367 bits per heavy atom. The molecule has 2 aliphatic heterocycles. The fourth-order valence-corrected chi connectivity index (χ4v) is 14.2. The Bertz CT molecular complexity index is 1780. The van der Waals surface area contributed by atoms with Crippen LogP contribution in [0.1, 0.15) is 399 Å². The van der Waals surface area contributed by atoms with Crippen molar-refractivity contribution in [1.82, 2.24) is 5.32 Å². The predicted molar refractivity (Wildman–Crippen MR) is 406 cm³/mol. The summed E-state index contributed by atoms with van der Waals surface area (Å²) in [4.78, 5) is 13.4. The highest BCUT2D eigenvalue weighted by molar-refractivity contribution is 5.76. The predicted octanol–water partition coefficient (Wildman–Crippen LogP) is 19.6. The van der Waals surface area contributed by atoms with Gasteiger partial charge in [-0.3, -0.25) is 4.79 Å². The van der Waals surface area contributed by atoms with Gasteiger partial charge in [-0.1, -0.05) is 378 Å². The molecule has 14 heteroatoms. The number of carbonyl (C=O) groups is 1. The highest BCUT2D eigenvalue weighted by Crippen LogP contribution is 2.31. The minimum absolute atomic E-state index is 0.197. The normalized spacial score (nSPS) is 22.1. The fraction of sp³-hybridized carbons (Fsp3) is 0.917. The zero-order chi connectivity index (χ0) is 70.8. The van der Waals surface area contributed by atoms with Gasteiger partial charge in [0.05, 0.1) is 32.0 Å². The summed E-state index contributed by atoms with van der Waals surface area (Å²) in [5, 5.41) is 87.9. The Labute approximate surface area is 601 Å². The van der Waals surface area contributed by atoms with Crippen LogP contribution in [0.3, 0.4) is 0 Å². The van der Waals surface area contributed by atoms with Gasteiger partial charge in [-0.25, -0.2) is 0 Å². The number of hydrogen-bond acceptors (Lipinski definition) is 13. The Morgan fingerprint density at radius 3 is 1.03 bits per heavy atom. The summed E-state index contributed by atoms with van der Waals surface area (Å²) in [6, 6.07) is -0.828. The maximum Gasteiger partial charge on any atom is 0.220 e. The molecule has 2 saturated heterocycles. The molecule has 578 valence electrons. The molecule has 14 nitrogen and oxygen atoms in total. The summed E-state index contributed by atoms with van der Waals surface area (Å²) in [6.45, 7) is 2.92. The van der Waals surface area contributed by atoms with Crippen LogP contribution < -0.4 is 5.32 Å². The standard InChI is InChI=1S/C84H159NO13/c1-3-5-7-9-11-13-15-17-19-21-23-25-27-29-30-31-32-33-34-35-36-37-38-39-40-41-42-44-46-48-50-52-54-56-58-60-62-64-66-68-76(89)85-72(71-95-83-81(94)79(92)82(75(70-87)97-83)98-84-80(93)78(91)77(90)74(69-86)96-84)73(88)67-65-63-61-59-57-55-53-51-49-47-45-43-28-26-24-22-20-18-16-14-12-10-8-6-4-2/h15,17,21,23,27,29,72-75,77-84,86-88,90-94H,3-14,16,18-20,22,24-26,28,30-71H2,1-2H3,(H,85,89)/b17-15-,23-21-,29-27-. The Balaban J connectivity index is 1.56. The van der Waals surface area contributed by atoms with Crippen LogP contribution in [-0.2, 0) is 23.7 Å². The first-order valence-corrected chi connectivity index (χ1v) is 42.2. The van der Waals surface area contributed by atoms with Crippen LogP contribution in [0.2, 0.25) is 0 Å². The van der Waals surface area contributed by atoms with E-state index in [2.05, 4.69) is 55.6 Å². The summed E-state index contributed by atoms with van der Waals surface area (Å²) in [5.74, 6) is -0.197. The van der Waals surface area contributed by atoms with Gasteiger partial charge in [0.15, 0.2) is 12.6 Å². The molecule has 1 amide bonds. The quantitative estimate of drug-likeness (QED) is 0.0204. The number of amides is 1. The lowest BCUT2D eigenvalue weighted by Crippen LogP contribution is -2.65. The van der Waals surface area contributed by atoms with Gasteiger partial charge in [0.25, 0.3) is 0 Å². The molecule has 12 atom stereocenters. The lowest BCUT2D eigenvalue weighted by molar-refractivity contribution is -0.359. The molecule has 9 N–H and O–H groups in total. The molecule has 98 heavy (non-hydrogen) atoms. The van der Waals surface area contributed by atoms with E-state index in [4.69, 9.17) is 18.9 Å². The van der Waals surface area contributed by atoms with E-state index in [1.165, 1.54) is 308 Å². The largest absolute Gasteiger partial charge is 0.394 e. The van der Waals surface area contributed by atoms with E-state index < -0.39 is 86.8 Å². The molecule has 0 spiro atoms. The van der Waals surface area contributed by atoms with E-state index in [0.717, 1.165) is 64.2 Å². The first-order valence-electron chi connectivity index (χ1n) is 42.2. The van der Waals surface area contributed by atoms with E-state index in [1.54, 1.807) is 0 Å². The third kappa shape index (κ3) is 50.6. The van der Waals surface area contributed by atoms with Gasteiger partial charge in [0.1, 0.15) is 48.8 Å². The average Bonchev–Trinajstić information content (AvgIpc) is 0.793. The van der Waals surface area contributed by atoms with E-state index in [9.17, 15) is 45.6 Å². The zero-order valence-corrected chi connectivity index (χ0v) is 63.6. The summed E-state index contributed by atoms with van der Waals surface area (Å²) in [5.41, 5.74) is 0. The summed E-state index contributed by atoms with van der Waals surface area (Å²) < 4.78 is 23.0. The van der Waals surface area contributed by atoms with Crippen molar-refractivity contribution in [1.29, 1.82) is 0 Å². The molecule has 0 saturated carbocycles. The number of rotatable bonds is 72. The molecular weight excluding hydrogens is 1230 g/mol. The van der Waals surface area contributed by atoms with Crippen LogP contribution in [0.5, 0.6) is 0 Å². The maximum absolute atomic E-state index is 13.4. The third-order valence-electron chi connectivity index (χ3n) is 20.9. The van der Waals surface area contributed by atoms with E-state index in [0.29, 0.717) is 12.8 Å². The van der Waals surface area contributed by atoms with Gasteiger partial charge in [0.2, 0.25) is 5.91 Å². The maximum atomic E-state index is 13.4. The molecular formula is C84H159NO13. The zero-order valence-electron chi connectivity index (χ0n) is 63.6. The number of nitrogens with one attached hydrogen (secondary N) is 1. The third-order valence-corrected chi connectivity index (χ3v) is 20.9. The number of ether oxygens (including phenoxy) is 4. The lowest BCUT2D eigenvalue weighted by atomic mass is 9.97. The molecule has 2 heterocycles. The minimum Gasteiger partial charge on any atom is -0.394 e. The van der Waals surface area contributed by atoms with Gasteiger partial charge in [-0.15, -0.1) is 0 Å². The minimum atomic E-state index is -1.78. The second kappa shape index (κ2) is 68.3. The van der Waals surface area contributed by atoms with Gasteiger partial charge in [-0.2, -0.15) is 0 Å². The highest BCUT2D eigenvalue weighted by Gasteiger charge is 2.51. The van der Waals surface area contributed by atoms with Gasteiger partial charge < -0.3 is 65.1 Å². The van der Waals surface area contributed by atoms with Gasteiger partial charge in [0, 0.05) is 6.42 Å². The number of allylic oxidation sites excluding steroid dienone is 6. The van der Waals surface area contributed by atoms with Crippen LogP contribution in [-0.4, -0.2) is 140 Å². The summed E-state index contributed by atoms with van der Waals surface area (Å²) in [7, 11) is 0. The monoisotopic (exact) mass is 1390 g/mol. The summed E-state index contributed by atoms with van der Waals surface area (Å²) >= 11 is 0. The molecule has 2 aliphatic rings. The smallest absolute Gasteiger partial charge is 0.220 e. The highest BCUT2D eigenvalue weighted by atomic mass is 16.7. The molecule has 12 unspecified atom stereocenters. The number of aliphatic hydroxyl groups is 8. The van der Waals surface area contributed by atoms with Crippen molar-refractivity contribution in [3.63, 3.8) is 0 Å². The Hall–Kier alpha value is -1.79. The second-order valence-electron chi connectivity index (χ2n) is 30.0. The van der Waals surface area contributed by atoms with Crippen molar-refractivity contribution in [3.8, 4) is 0 Å². The topological polar surface area (TPSA) is 228 Å². The number of hydrogen-bond donors (Lipinski definition) is 9.